The van der Waals surface area contributed by atoms with Gasteiger partial charge < -0.3 is 24.1 Å². The van der Waals surface area contributed by atoms with E-state index in [1.807, 2.05) is 0 Å². The number of unbranched alkanes of at least 4 members (excludes halogenated alkanes) is 11. The minimum atomic E-state index is -0.932. The first-order valence-corrected chi connectivity index (χ1v) is 19.0. The van der Waals surface area contributed by atoms with Gasteiger partial charge in [0.05, 0.1) is 30.9 Å². The number of esters is 1. The number of carbonyl (C=O) groups is 2. The maximum Gasteiger partial charge on any atom is 0.350 e. The fraction of sp³-hybridized carbons (Fsp3) is 0.865. The Morgan fingerprint density at radius 3 is 2.30 bits per heavy atom. The highest BCUT2D eigenvalue weighted by atomic mass is 16.6. The van der Waals surface area contributed by atoms with Crippen LogP contribution in [0.3, 0.4) is 0 Å². The number of carboxylic acids is 1. The predicted molar refractivity (Wildman–Crippen MR) is 176 cm³/mol. The van der Waals surface area contributed by atoms with Crippen LogP contribution in [0, 0.1) is 5.92 Å². The summed E-state index contributed by atoms with van der Waals surface area (Å²) in [5.41, 5.74) is -1.16. The number of guanidine groups is 1. The van der Waals surface area contributed by atoms with Crippen LogP contribution in [0.1, 0.15) is 155 Å². The smallest absolute Gasteiger partial charge is 0.350 e. The van der Waals surface area contributed by atoms with Crippen molar-refractivity contribution in [3.8, 4) is 0 Å². The van der Waals surface area contributed by atoms with E-state index in [4.69, 9.17) is 14.2 Å². The number of allylic oxidation sites excluding steroid dienone is 1. The van der Waals surface area contributed by atoms with Gasteiger partial charge in [-0.3, -0.25) is 9.37 Å². The molecule has 9 heteroatoms. The lowest BCUT2D eigenvalue weighted by atomic mass is 9.80. The quantitative estimate of drug-likeness (QED) is 0.0914. The van der Waals surface area contributed by atoms with Crippen molar-refractivity contribution in [2.24, 2.45) is 5.92 Å². The van der Waals surface area contributed by atoms with Gasteiger partial charge in [-0.1, -0.05) is 83.3 Å². The molecule has 5 rings (SSSR count). The number of nitrogens with one attached hydrogen (secondary N) is 2. The predicted octanol–water partition coefficient (Wildman–Crippen LogP) is 5.59. The Morgan fingerprint density at radius 2 is 1.63 bits per heavy atom. The summed E-state index contributed by atoms with van der Waals surface area (Å²) in [6.45, 7) is 4.79. The van der Waals surface area contributed by atoms with Crippen molar-refractivity contribution in [1.29, 1.82) is 0 Å². The molecule has 0 amide bonds. The third-order valence-corrected chi connectivity index (χ3v) is 11.1. The minimum Gasteiger partial charge on any atom is -0.550 e. The molecule has 0 bridgehead atoms. The first-order chi connectivity index (χ1) is 22.3. The summed E-state index contributed by atoms with van der Waals surface area (Å²) in [6, 6.07) is 0.399. The van der Waals surface area contributed by atoms with Crippen LogP contribution in [0.5, 0.6) is 0 Å². The van der Waals surface area contributed by atoms with Gasteiger partial charge in [-0.15, -0.1) is 0 Å². The van der Waals surface area contributed by atoms with Crippen molar-refractivity contribution in [1.82, 2.24) is 10.6 Å². The van der Waals surface area contributed by atoms with E-state index in [9.17, 15) is 14.7 Å². The van der Waals surface area contributed by atoms with E-state index >= 15 is 0 Å². The van der Waals surface area contributed by atoms with Gasteiger partial charge in [0.15, 0.2) is 11.6 Å². The van der Waals surface area contributed by atoms with Gasteiger partial charge in [-0.05, 0) is 64.7 Å². The van der Waals surface area contributed by atoms with Crippen LogP contribution in [0.4, 0.5) is 0 Å². The van der Waals surface area contributed by atoms with E-state index in [0.29, 0.717) is 12.6 Å². The molecule has 0 aliphatic carbocycles. The summed E-state index contributed by atoms with van der Waals surface area (Å²) in [4.78, 5) is 24.4. The molecule has 0 aromatic carbocycles. The Bertz CT molecular complexity index is 1080. The zero-order valence-electron chi connectivity index (χ0n) is 28.7. The van der Waals surface area contributed by atoms with Crippen LogP contribution in [0.15, 0.2) is 12.2 Å². The van der Waals surface area contributed by atoms with E-state index in [-0.39, 0.29) is 36.6 Å². The van der Waals surface area contributed by atoms with Crippen LogP contribution < -0.4 is 15.7 Å². The molecule has 5 heterocycles. The highest BCUT2D eigenvalue weighted by Gasteiger charge is 2.64. The average Bonchev–Trinajstić information content (AvgIpc) is 3.33. The number of ether oxygens (including phenoxy) is 3. The number of nitrogens with zero attached hydrogens (tertiary/aromatic N) is 1. The number of carbonyl (C=O) groups excluding carboxylic acids is 2. The highest BCUT2D eigenvalue weighted by Crippen LogP contribution is 2.45. The van der Waals surface area contributed by atoms with Crippen molar-refractivity contribution in [3.63, 3.8) is 0 Å². The van der Waals surface area contributed by atoms with Gasteiger partial charge in [0.2, 0.25) is 5.72 Å². The van der Waals surface area contributed by atoms with Gasteiger partial charge in [-0.25, -0.2) is 10.6 Å². The van der Waals surface area contributed by atoms with Gasteiger partial charge in [-0.2, -0.15) is 0 Å². The second-order valence-corrected chi connectivity index (χ2v) is 14.8. The molecular weight excluding hydrogens is 582 g/mol. The summed E-state index contributed by atoms with van der Waals surface area (Å²) in [5, 5.41) is 18.1. The second kappa shape index (κ2) is 16.8. The van der Waals surface area contributed by atoms with E-state index in [1.165, 1.54) is 44.9 Å². The van der Waals surface area contributed by atoms with Crippen LogP contribution in [0.25, 0.3) is 0 Å². The number of hydrogen-bond donors (Lipinski definition) is 2. The van der Waals surface area contributed by atoms with Crippen LogP contribution in [0.2, 0.25) is 0 Å². The normalized spacial score (nSPS) is 33.4. The minimum absolute atomic E-state index is 0.0665. The molecule has 5 aliphatic heterocycles. The van der Waals surface area contributed by atoms with Crippen molar-refractivity contribution < 1.29 is 33.5 Å². The lowest BCUT2D eigenvalue weighted by molar-refractivity contribution is -0.609. The zero-order chi connectivity index (χ0) is 32.4. The zero-order valence-corrected chi connectivity index (χ0v) is 28.7. The monoisotopic (exact) mass is 643 g/mol. The first kappa shape index (κ1) is 35.2. The highest BCUT2D eigenvalue weighted by molar-refractivity contribution is 5.82. The molecule has 9 nitrogen and oxygen atoms in total. The molecule has 0 radical (unpaired) electrons. The molecule has 7 atom stereocenters. The molecular formula is C37H61N3O6. The first-order valence-electron chi connectivity index (χ1n) is 19.0. The van der Waals surface area contributed by atoms with E-state index in [0.717, 1.165) is 95.9 Å². The summed E-state index contributed by atoms with van der Waals surface area (Å²) >= 11 is 0. The van der Waals surface area contributed by atoms with Gasteiger partial charge >= 0.3 is 11.9 Å². The molecule has 5 aliphatic rings. The molecule has 46 heavy (non-hydrogen) atoms. The van der Waals surface area contributed by atoms with Gasteiger partial charge in [0.1, 0.15) is 0 Å². The summed E-state index contributed by atoms with van der Waals surface area (Å²) in [7, 11) is 0. The van der Waals surface area contributed by atoms with Crippen molar-refractivity contribution >= 4 is 17.9 Å². The van der Waals surface area contributed by atoms with Gasteiger partial charge in [0.25, 0.3) is 0 Å². The third-order valence-electron chi connectivity index (χ3n) is 11.1. The Balaban J connectivity index is 1.08. The van der Waals surface area contributed by atoms with Crippen LogP contribution in [-0.4, -0.2) is 64.8 Å². The molecule has 0 aromatic rings. The number of carboxylic acid groups (broad SMARTS) is 1. The molecule has 2 saturated heterocycles. The molecule has 2 fully saturated rings. The third kappa shape index (κ3) is 8.86. The Hall–Kier alpha value is -2.13. The molecule has 2 spiro atoms. The van der Waals surface area contributed by atoms with Crippen molar-refractivity contribution in [2.45, 2.75) is 191 Å². The van der Waals surface area contributed by atoms with Crippen LogP contribution in [-0.2, 0) is 23.8 Å². The van der Waals surface area contributed by atoms with E-state index < -0.39 is 17.4 Å². The fourth-order valence-electron chi connectivity index (χ4n) is 8.80. The Kier molecular flexibility index (Phi) is 12.9. The van der Waals surface area contributed by atoms with Crippen molar-refractivity contribution in [2.75, 3.05) is 6.61 Å². The Labute approximate surface area is 277 Å². The summed E-state index contributed by atoms with van der Waals surface area (Å²) in [5.74, 6) is -0.401. The molecule has 0 aromatic heterocycles. The molecule has 0 saturated carbocycles. The average molecular weight is 644 g/mol. The van der Waals surface area contributed by atoms with E-state index in [2.05, 4.69) is 41.2 Å². The fourth-order valence-corrected chi connectivity index (χ4v) is 8.80. The van der Waals surface area contributed by atoms with Crippen molar-refractivity contribution in [3.05, 3.63) is 12.2 Å². The molecule has 0 unspecified atom stereocenters. The lowest BCUT2D eigenvalue weighted by Gasteiger charge is -2.50. The maximum atomic E-state index is 14.0. The molecule has 2 N–H and O–H groups in total. The summed E-state index contributed by atoms with van der Waals surface area (Å²) in [6.07, 6.45) is 27.0. The van der Waals surface area contributed by atoms with Gasteiger partial charge in [0, 0.05) is 25.2 Å². The van der Waals surface area contributed by atoms with E-state index in [1.54, 1.807) is 0 Å². The number of aliphatic carboxylic acids is 1. The topological polar surface area (TPSA) is 112 Å². The standard InChI is InChI=1S/C37H61N3O6/c1-3-30-20-15-16-24-36(46-30)27-29-22-23-31-33(37(25-18-19-28(2)45-37)39-35(38-36)40(29)31)34(43)44-26-17-13-11-9-7-5-4-6-8-10-12-14-21-32(41)42/h15,20,28-31,33H,3-14,16-19,21-27H2,1-2H3,(H2,38,39,41,42)/t28-,29+,30+,31-,33-,36+,37-/m1/s1. The SMILES string of the molecule is CC[C@H]1C=CCC[C@@]2(C[C@@H]3CC[C@@H]4[C@H](C(=O)OCCCCCCCCCCCCCCC(=O)[O-])[C@]5(CCC[C@@H](C)O5)NC(=[N+]34)N2)O1. The maximum absolute atomic E-state index is 14.0. The van der Waals surface area contributed by atoms with Crippen LogP contribution >= 0.6 is 0 Å². The molecule has 260 valence electrons. The second-order valence-electron chi connectivity index (χ2n) is 14.8. The number of rotatable bonds is 17. The largest absolute Gasteiger partial charge is 0.550 e. The number of hydrogen-bond acceptors (Lipinski definition) is 8. The summed E-state index contributed by atoms with van der Waals surface area (Å²) < 4.78 is 22.0. The lowest BCUT2D eigenvalue weighted by Crippen LogP contribution is -2.76. The Morgan fingerprint density at radius 1 is 0.935 bits per heavy atom.